The fourth-order valence-corrected chi connectivity index (χ4v) is 3.82. The highest BCUT2D eigenvalue weighted by Crippen LogP contribution is 2.37. The lowest BCUT2D eigenvalue weighted by Crippen LogP contribution is -2.09. The Kier molecular flexibility index (Phi) is 7.20. The molecule has 0 atom stereocenters. The summed E-state index contributed by atoms with van der Waals surface area (Å²) >= 11 is 0. The maximum Gasteiger partial charge on any atom is 0.205 e. The fraction of sp³-hybridized carbons (Fsp3) is 0.182. The standard InChI is InChI=1S/C22H23O2P/c1-4-10-20(11-5-1)16-18-23-25(22-14-8-3-9-15-22)24-19-17-21-12-6-2-7-13-21/h1-15H,16-19H2. The van der Waals surface area contributed by atoms with E-state index in [1.807, 2.05) is 30.3 Å². The highest BCUT2D eigenvalue weighted by molar-refractivity contribution is 7.56. The molecule has 0 spiro atoms. The first-order valence-electron chi connectivity index (χ1n) is 8.61. The average Bonchev–Trinajstić information content (AvgIpc) is 2.69. The van der Waals surface area contributed by atoms with Gasteiger partial charge < -0.3 is 9.05 Å². The topological polar surface area (TPSA) is 18.5 Å². The maximum absolute atomic E-state index is 6.11. The summed E-state index contributed by atoms with van der Waals surface area (Å²) in [6, 6.07) is 31.1. The molecular weight excluding hydrogens is 327 g/mol. The Morgan fingerprint density at radius 3 is 1.36 bits per heavy atom. The van der Waals surface area contributed by atoms with Crippen LogP contribution in [0.3, 0.4) is 0 Å². The summed E-state index contributed by atoms with van der Waals surface area (Å²) in [4.78, 5) is 0. The van der Waals surface area contributed by atoms with Gasteiger partial charge in [-0.15, -0.1) is 0 Å². The first-order valence-corrected chi connectivity index (χ1v) is 9.78. The molecule has 3 aromatic rings. The second-order valence-electron chi connectivity index (χ2n) is 5.73. The Hall–Kier alpha value is -1.99. The van der Waals surface area contributed by atoms with Gasteiger partial charge in [0.2, 0.25) is 8.38 Å². The number of benzene rings is 3. The zero-order chi connectivity index (χ0) is 17.2. The number of hydrogen-bond acceptors (Lipinski definition) is 2. The summed E-state index contributed by atoms with van der Waals surface area (Å²) in [5.74, 6) is 0. The summed E-state index contributed by atoms with van der Waals surface area (Å²) < 4.78 is 12.2. The van der Waals surface area contributed by atoms with Crippen LogP contribution < -0.4 is 5.30 Å². The van der Waals surface area contributed by atoms with E-state index in [2.05, 4.69) is 60.7 Å². The first kappa shape index (κ1) is 17.8. The molecule has 0 aliphatic heterocycles. The van der Waals surface area contributed by atoms with Crippen LogP contribution >= 0.6 is 8.38 Å². The molecule has 0 heterocycles. The summed E-state index contributed by atoms with van der Waals surface area (Å²) in [6.45, 7) is 1.33. The molecule has 3 aromatic carbocycles. The molecule has 0 saturated heterocycles. The van der Waals surface area contributed by atoms with E-state index in [0.29, 0.717) is 13.2 Å². The molecule has 0 fully saturated rings. The highest BCUT2D eigenvalue weighted by Gasteiger charge is 2.13. The van der Waals surface area contributed by atoms with E-state index in [0.717, 1.165) is 18.1 Å². The van der Waals surface area contributed by atoms with E-state index in [4.69, 9.17) is 9.05 Å². The van der Waals surface area contributed by atoms with E-state index in [1.165, 1.54) is 11.1 Å². The molecule has 0 amide bonds. The van der Waals surface area contributed by atoms with Crippen molar-refractivity contribution < 1.29 is 9.05 Å². The molecule has 0 bridgehead atoms. The predicted molar refractivity (Wildman–Crippen MR) is 105 cm³/mol. The Morgan fingerprint density at radius 1 is 0.520 bits per heavy atom. The third kappa shape index (κ3) is 6.10. The van der Waals surface area contributed by atoms with E-state index in [1.54, 1.807) is 0 Å². The minimum Gasteiger partial charge on any atom is -0.330 e. The van der Waals surface area contributed by atoms with Gasteiger partial charge >= 0.3 is 0 Å². The van der Waals surface area contributed by atoms with Gasteiger partial charge in [0.1, 0.15) is 0 Å². The zero-order valence-electron chi connectivity index (χ0n) is 14.3. The van der Waals surface area contributed by atoms with Crippen LogP contribution in [0.25, 0.3) is 0 Å². The molecule has 3 rings (SSSR count). The quantitative estimate of drug-likeness (QED) is 0.497. The number of rotatable bonds is 9. The first-order chi connectivity index (χ1) is 12.4. The molecule has 128 valence electrons. The molecule has 25 heavy (non-hydrogen) atoms. The van der Waals surface area contributed by atoms with E-state index in [9.17, 15) is 0 Å². The van der Waals surface area contributed by atoms with Gasteiger partial charge in [-0.1, -0.05) is 78.9 Å². The van der Waals surface area contributed by atoms with Crippen LogP contribution in [-0.4, -0.2) is 13.2 Å². The molecule has 3 heteroatoms. The zero-order valence-corrected chi connectivity index (χ0v) is 15.1. The van der Waals surface area contributed by atoms with E-state index < -0.39 is 8.38 Å². The molecule has 0 saturated carbocycles. The van der Waals surface area contributed by atoms with Gasteiger partial charge in [0.25, 0.3) is 0 Å². The Balaban J connectivity index is 1.54. The van der Waals surface area contributed by atoms with E-state index in [-0.39, 0.29) is 0 Å². The lowest BCUT2D eigenvalue weighted by atomic mass is 10.2. The SMILES string of the molecule is c1ccc(CCOP(OCCc2ccccc2)c2ccccc2)cc1. The Bertz CT molecular complexity index is 671. The Labute approximate surface area is 151 Å². The second-order valence-corrected chi connectivity index (χ2v) is 7.28. The van der Waals surface area contributed by atoms with Crippen LogP contribution in [0.2, 0.25) is 0 Å². The summed E-state index contributed by atoms with van der Waals surface area (Å²) in [7, 11) is -1.05. The Morgan fingerprint density at radius 2 is 0.920 bits per heavy atom. The van der Waals surface area contributed by atoms with Crippen molar-refractivity contribution in [3.8, 4) is 0 Å². The molecule has 2 nitrogen and oxygen atoms in total. The number of hydrogen-bond donors (Lipinski definition) is 0. The normalized spacial score (nSPS) is 10.9. The summed E-state index contributed by atoms with van der Waals surface area (Å²) in [5.41, 5.74) is 2.57. The van der Waals surface area contributed by atoms with Crippen molar-refractivity contribution in [2.75, 3.05) is 13.2 Å². The van der Waals surface area contributed by atoms with Crippen molar-refractivity contribution in [1.29, 1.82) is 0 Å². The van der Waals surface area contributed by atoms with Crippen LogP contribution in [0.1, 0.15) is 11.1 Å². The molecule has 0 aromatic heterocycles. The van der Waals surface area contributed by atoms with Gasteiger partial charge in [0.15, 0.2) is 0 Å². The van der Waals surface area contributed by atoms with Gasteiger partial charge in [-0.3, -0.25) is 0 Å². The van der Waals surface area contributed by atoms with Crippen LogP contribution in [0, 0.1) is 0 Å². The van der Waals surface area contributed by atoms with Gasteiger partial charge in [0.05, 0.1) is 13.2 Å². The molecule has 0 N–H and O–H groups in total. The summed E-state index contributed by atoms with van der Waals surface area (Å²) in [5, 5.41) is 1.12. The van der Waals surface area contributed by atoms with Gasteiger partial charge in [0, 0.05) is 5.30 Å². The van der Waals surface area contributed by atoms with Crippen LogP contribution in [-0.2, 0) is 21.9 Å². The van der Waals surface area contributed by atoms with Crippen LogP contribution in [0.4, 0.5) is 0 Å². The van der Waals surface area contributed by atoms with Crippen molar-refractivity contribution in [2.45, 2.75) is 12.8 Å². The summed E-state index contributed by atoms with van der Waals surface area (Å²) in [6.07, 6.45) is 1.79. The van der Waals surface area contributed by atoms with Crippen molar-refractivity contribution in [2.24, 2.45) is 0 Å². The third-order valence-electron chi connectivity index (χ3n) is 3.85. The second kappa shape index (κ2) is 10.1. The van der Waals surface area contributed by atoms with Crippen molar-refractivity contribution in [3.63, 3.8) is 0 Å². The average molecular weight is 350 g/mol. The minimum atomic E-state index is -1.05. The fourth-order valence-electron chi connectivity index (χ4n) is 2.52. The van der Waals surface area contributed by atoms with E-state index >= 15 is 0 Å². The third-order valence-corrected chi connectivity index (χ3v) is 5.41. The predicted octanol–water partition coefficient (Wildman–Crippen LogP) is 5.14. The molecule has 0 aliphatic carbocycles. The lowest BCUT2D eigenvalue weighted by Gasteiger charge is -2.18. The van der Waals surface area contributed by atoms with Gasteiger partial charge in [-0.05, 0) is 36.1 Å². The van der Waals surface area contributed by atoms with Crippen molar-refractivity contribution >= 4 is 13.7 Å². The monoisotopic (exact) mass is 350 g/mol. The minimum absolute atomic E-state index is 0.663. The van der Waals surface area contributed by atoms with Crippen LogP contribution in [0.5, 0.6) is 0 Å². The largest absolute Gasteiger partial charge is 0.330 e. The molecular formula is C22H23O2P. The highest BCUT2D eigenvalue weighted by atomic mass is 31.2. The van der Waals surface area contributed by atoms with Gasteiger partial charge in [-0.2, -0.15) is 0 Å². The molecule has 0 radical (unpaired) electrons. The smallest absolute Gasteiger partial charge is 0.205 e. The maximum atomic E-state index is 6.11. The van der Waals surface area contributed by atoms with Crippen LogP contribution in [0.15, 0.2) is 91.0 Å². The van der Waals surface area contributed by atoms with Crippen molar-refractivity contribution in [1.82, 2.24) is 0 Å². The molecule has 0 aliphatic rings. The van der Waals surface area contributed by atoms with Crippen molar-refractivity contribution in [3.05, 3.63) is 102 Å². The lowest BCUT2D eigenvalue weighted by molar-refractivity contribution is 0.261. The molecule has 0 unspecified atom stereocenters. The van der Waals surface area contributed by atoms with Gasteiger partial charge in [-0.25, -0.2) is 0 Å².